The standard InChI is InChI=1S/C31H34N2O6S.C2HF3O2/c1-40(37,38)27-14-8-9-24(21-27)29(34)32-17-20-33-18-15-23(16-19-33)28(22-33)39-30(35)31(36,25-10-4-2-5-11-25)26-12-6-3-7-13-26;3-2(4,5)1(6)7/h2-14,21,23,28,36H,15-20,22H2,1H3;(H,6,7)/t23?,28-,33?;/m0./s1. The number of carboxylic acid groups (broad SMARTS) is 1. The number of benzene rings is 3. The molecule has 0 unspecified atom stereocenters. The first-order valence-electron chi connectivity index (χ1n) is 14.8. The fourth-order valence-electron chi connectivity index (χ4n) is 6.03. The summed E-state index contributed by atoms with van der Waals surface area (Å²) in [5.41, 5.74) is -0.709. The number of sulfone groups is 1. The normalized spacial score (nSPS) is 20.8. The van der Waals surface area contributed by atoms with E-state index in [0.29, 0.717) is 40.8 Å². The van der Waals surface area contributed by atoms with E-state index in [-0.39, 0.29) is 22.8 Å². The highest BCUT2D eigenvalue weighted by atomic mass is 32.2. The maximum Gasteiger partial charge on any atom is 0.430 e. The van der Waals surface area contributed by atoms with Crippen molar-refractivity contribution in [1.82, 2.24) is 5.32 Å². The molecule has 3 heterocycles. The van der Waals surface area contributed by atoms with Crippen molar-refractivity contribution in [1.29, 1.82) is 0 Å². The molecular weight excluding hydrogens is 641 g/mol. The van der Waals surface area contributed by atoms with E-state index in [2.05, 4.69) is 5.32 Å². The van der Waals surface area contributed by atoms with Crippen molar-refractivity contribution in [3.05, 3.63) is 102 Å². The van der Waals surface area contributed by atoms with Crippen LogP contribution in [0.3, 0.4) is 0 Å². The predicted molar refractivity (Wildman–Crippen MR) is 161 cm³/mol. The molecule has 3 fully saturated rings. The third-order valence-electron chi connectivity index (χ3n) is 8.61. The van der Waals surface area contributed by atoms with Crippen molar-refractivity contribution in [2.45, 2.75) is 35.6 Å². The number of carbonyl (C=O) groups is 3. The van der Waals surface area contributed by atoms with Crippen molar-refractivity contribution >= 4 is 27.7 Å². The fraction of sp³-hybridized carbons (Fsp3) is 0.364. The molecule has 0 saturated carbocycles. The lowest BCUT2D eigenvalue weighted by Gasteiger charge is -2.52. The monoisotopic (exact) mass is 676 g/mol. The van der Waals surface area contributed by atoms with Crippen molar-refractivity contribution < 1.29 is 55.4 Å². The van der Waals surface area contributed by atoms with Crippen LogP contribution in [0.2, 0.25) is 0 Å². The molecule has 3 aromatic carbocycles. The number of carboxylic acids is 1. The number of piperidine rings is 3. The fourth-order valence-corrected chi connectivity index (χ4v) is 6.70. The zero-order chi connectivity index (χ0) is 34.5. The summed E-state index contributed by atoms with van der Waals surface area (Å²) < 4.78 is 62.1. The van der Waals surface area contributed by atoms with E-state index in [1.165, 1.54) is 12.1 Å². The number of alkyl halides is 3. The molecule has 6 rings (SSSR count). The molecule has 0 radical (unpaired) electrons. The Morgan fingerprint density at radius 2 is 1.47 bits per heavy atom. The summed E-state index contributed by atoms with van der Waals surface area (Å²) in [5, 5.41) is 23.5. The third kappa shape index (κ3) is 8.56. The number of fused-ring (bicyclic) bond motifs is 3. The molecule has 10 nitrogen and oxygen atoms in total. The van der Waals surface area contributed by atoms with Crippen LogP contribution in [-0.4, -0.2) is 87.1 Å². The van der Waals surface area contributed by atoms with Gasteiger partial charge in [-0.15, -0.1) is 0 Å². The average molecular weight is 677 g/mol. The Hall–Kier alpha value is -4.27. The highest BCUT2D eigenvalue weighted by Gasteiger charge is 2.50. The zero-order valence-corrected chi connectivity index (χ0v) is 26.3. The van der Waals surface area contributed by atoms with Gasteiger partial charge in [-0.1, -0.05) is 66.7 Å². The largest absolute Gasteiger partial charge is 0.542 e. The Morgan fingerprint density at radius 3 is 1.96 bits per heavy atom. The number of ether oxygens (including phenoxy) is 1. The van der Waals surface area contributed by atoms with E-state index in [0.717, 1.165) is 32.2 Å². The summed E-state index contributed by atoms with van der Waals surface area (Å²) in [6.45, 7) is 3.56. The zero-order valence-electron chi connectivity index (χ0n) is 25.5. The SMILES string of the molecule is CS(=O)(=O)c1cccc(C(=O)NCC[N+]23CCC(CC2)[C@@H](OC(=O)C(O)(c2ccccc2)c2ccccc2)C3)c1.O=C([O-])C(F)(F)F. The van der Waals surface area contributed by atoms with Gasteiger partial charge in [-0.3, -0.25) is 4.79 Å². The Bertz CT molecular complexity index is 1640. The summed E-state index contributed by atoms with van der Waals surface area (Å²) in [4.78, 5) is 35.3. The first-order chi connectivity index (χ1) is 22.0. The summed E-state index contributed by atoms with van der Waals surface area (Å²) >= 11 is 0. The van der Waals surface area contributed by atoms with Crippen molar-refractivity contribution in [3.63, 3.8) is 0 Å². The lowest BCUT2D eigenvalue weighted by atomic mass is 9.82. The van der Waals surface area contributed by atoms with Gasteiger partial charge in [0.25, 0.3) is 5.91 Å². The Labute approximate surface area is 270 Å². The molecule has 1 amide bonds. The maximum atomic E-state index is 13.7. The number of carbonyl (C=O) groups excluding carboxylic acids is 3. The van der Waals surface area contributed by atoms with Gasteiger partial charge in [0.2, 0.25) is 5.60 Å². The number of hydrogen-bond donors (Lipinski definition) is 2. The molecule has 14 heteroatoms. The summed E-state index contributed by atoms with van der Waals surface area (Å²) in [7, 11) is -3.41. The van der Waals surface area contributed by atoms with Crippen LogP contribution in [0, 0.1) is 5.92 Å². The molecule has 252 valence electrons. The lowest BCUT2D eigenvalue weighted by molar-refractivity contribution is -0.945. The second kappa shape index (κ2) is 14.2. The van der Waals surface area contributed by atoms with Crippen LogP contribution in [0.4, 0.5) is 13.2 Å². The van der Waals surface area contributed by atoms with Crippen LogP contribution < -0.4 is 10.4 Å². The van der Waals surface area contributed by atoms with Crippen LogP contribution in [0.15, 0.2) is 89.8 Å². The van der Waals surface area contributed by atoms with Gasteiger partial charge in [0, 0.05) is 30.6 Å². The molecule has 0 aliphatic carbocycles. The van der Waals surface area contributed by atoms with Gasteiger partial charge in [0.05, 0.1) is 31.1 Å². The highest BCUT2D eigenvalue weighted by molar-refractivity contribution is 7.90. The van der Waals surface area contributed by atoms with Gasteiger partial charge in [-0.05, 0) is 29.3 Å². The van der Waals surface area contributed by atoms with Gasteiger partial charge < -0.3 is 29.5 Å². The maximum absolute atomic E-state index is 13.7. The molecular formula is C33H35F3N2O8S. The first kappa shape index (κ1) is 35.6. The van der Waals surface area contributed by atoms with Gasteiger partial charge in [0.15, 0.2) is 15.9 Å². The van der Waals surface area contributed by atoms with E-state index in [4.69, 9.17) is 14.6 Å². The summed E-state index contributed by atoms with van der Waals surface area (Å²) in [5.74, 6) is -3.78. The molecule has 2 N–H and O–H groups in total. The molecule has 3 aliphatic rings. The molecule has 3 aromatic rings. The molecule has 3 aliphatic heterocycles. The number of aliphatic hydroxyl groups is 1. The van der Waals surface area contributed by atoms with Gasteiger partial charge >= 0.3 is 12.1 Å². The van der Waals surface area contributed by atoms with Crippen LogP contribution in [0.25, 0.3) is 0 Å². The van der Waals surface area contributed by atoms with Crippen molar-refractivity contribution in [2.75, 3.05) is 39.0 Å². The summed E-state index contributed by atoms with van der Waals surface area (Å²) in [6.07, 6.45) is -2.62. The van der Waals surface area contributed by atoms with E-state index in [1.54, 1.807) is 60.7 Å². The number of rotatable bonds is 9. The van der Waals surface area contributed by atoms with Gasteiger partial charge in [-0.2, -0.15) is 13.2 Å². The highest BCUT2D eigenvalue weighted by Crippen LogP contribution is 2.38. The Kier molecular flexibility index (Phi) is 10.8. The second-order valence-electron chi connectivity index (χ2n) is 11.8. The van der Waals surface area contributed by atoms with Gasteiger partial charge in [-0.25, -0.2) is 13.2 Å². The predicted octanol–water partition coefficient (Wildman–Crippen LogP) is 2.21. The second-order valence-corrected chi connectivity index (χ2v) is 13.8. The van der Waals surface area contributed by atoms with Crippen LogP contribution in [-0.2, 0) is 29.8 Å². The minimum absolute atomic E-state index is 0.107. The molecule has 0 spiro atoms. The molecule has 0 aromatic heterocycles. The van der Waals surface area contributed by atoms with E-state index >= 15 is 0 Å². The molecule has 1 atom stereocenters. The number of quaternary nitrogens is 1. The number of hydrogen-bond acceptors (Lipinski definition) is 8. The van der Waals surface area contributed by atoms with Crippen molar-refractivity contribution in [3.8, 4) is 0 Å². The van der Waals surface area contributed by atoms with Crippen LogP contribution in [0.5, 0.6) is 0 Å². The van der Waals surface area contributed by atoms with Crippen molar-refractivity contribution in [2.24, 2.45) is 5.92 Å². The average Bonchev–Trinajstić information content (AvgIpc) is 3.05. The third-order valence-corrected chi connectivity index (χ3v) is 9.72. The Morgan fingerprint density at radius 1 is 0.936 bits per heavy atom. The van der Waals surface area contributed by atoms with Gasteiger partial charge in [0.1, 0.15) is 12.5 Å². The number of aliphatic carboxylic acids is 1. The topological polar surface area (TPSA) is 150 Å². The number of amides is 1. The number of halogens is 3. The Balaban J connectivity index is 0.000000644. The first-order valence-corrected chi connectivity index (χ1v) is 16.7. The minimum Gasteiger partial charge on any atom is -0.542 e. The minimum atomic E-state index is -5.19. The smallest absolute Gasteiger partial charge is 0.430 e. The number of esters is 1. The molecule has 3 saturated heterocycles. The van der Waals surface area contributed by atoms with E-state index < -0.39 is 33.6 Å². The molecule has 2 bridgehead atoms. The van der Waals surface area contributed by atoms with Crippen LogP contribution >= 0.6 is 0 Å². The lowest BCUT2D eigenvalue weighted by Crippen LogP contribution is -2.66. The summed E-state index contributed by atoms with van der Waals surface area (Å²) in [6, 6.07) is 23.8. The van der Waals surface area contributed by atoms with E-state index in [1.807, 2.05) is 12.1 Å². The molecule has 47 heavy (non-hydrogen) atoms. The quantitative estimate of drug-likeness (QED) is 0.259. The number of nitrogens with zero attached hydrogens (tertiary/aromatic N) is 1. The number of nitrogens with one attached hydrogen (secondary N) is 1. The van der Waals surface area contributed by atoms with E-state index in [9.17, 15) is 36.3 Å². The van der Waals surface area contributed by atoms with Crippen LogP contribution in [0.1, 0.15) is 34.3 Å².